The lowest BCUT2D eigenvalue weighted by molar-refractivity contribution is -1.02. The van der Waals surface area contributed by atoms with Crippen LogP contribution in [0.3, 0.4) is 0 Å². The number of aryl methyl sites for hydroxylation is 1. The van der Waals surface area contributed by atoms with E-state index in [-0.39, 0.29) is 5.91 Å². The van der Waals surface area contributed by atoms with Crippen LogP contribution in [0.15, 0.2) is 24.3 Å². The molecule has 1 heterocycles. The first kappa shape index (κ1) is 17.9. The number of nitrogens with one attached hydrogen (secondary N) is 3. The summed E-state index contributed by atoms with van der Waals surface area (Å²) in [5, 5.41) is 12.4. The van der Waals surface area contributed by atoms with Crippen molar-refractivity contribution < 1.29 is 14.6 Å². The van der Waals surface area contributed by atoms with E-state index in [1.165, 1.54) is 16.0 Å². The van der Waals surface area contributed by atoms with E-state index in [4.69, 9.17) is 0 Å². The highest BCUT2D eigenvalue weighted by molar-refractivity contribution is 5.78. The van der Waals surface area contributed by atoms with Gasteiger partial charge in [-0.1, -0.05) is 24.3 Å². The van der Waals surface area contributed by atoms with Gasteiger partial charge in [0.05, 0.1) is 6.07 Å². The van der Waals surface area contributed by atoms with Gasteiger partial charge in [0.15, 0.2) is 6.54 Å². The maximum absolute atomic E-state index is 12.3. The molecule has 25 heavy (non-hydrogen) atoms. The summed E-state index contributed by atoms with van der Waals surface area (Å²) in [6.45, 7) is 9.81. The monoisotopic (exact) mass is 342 g/mol. The van der Waals surface area contributed by atoms with Gasteiger partial charge in [-0.05, 0) is 38.2 Å². The van der Waals surface area contributed by atoms with Crippen LogP contribution in [0.4, 0.5) is 0 Å². The molecule has 1 saturated carbocycles. The third-order valence-corrected chi connectivity index (χ3v) is 5.80. The fraction of sp³-hybridized carbons (Fsp3) is 0.600. The number of hydrogen-bond acceptors (Lipinski definition) is 2. The Labute approximate surface area is 150 Å². The number of rotatable bonds is 6. The van der Waals surface area contributed by atoms with Gasteiger partial charge in [0, 0.05) is 5.56 Å². The molecule has 0 spiro atoms. The second-order valence-electron chi connectivity index (χ2n) is 7.92. The van der Waals surface area contributed by atoms with Crippen LogP contribution in [0.2, 0.25) is 0 Å². The zero-order valence-electron chi connectivity index (χ0n) is 15.4. The zero-order chi connectivity index (χ0) is 17.9. The molecule has 3 N–H and O–H groups in total. The highest BCUT2D eigenvalue weighted by Gasteiger charge is 2.43. The van der Waals surface area contributed by atoms with Gasteiger partial charge in [-0.15, -0.1) is 0 Å². The van der Waals surface area contributed by atoms with E-state index in [9.17, 15) is 10.1 Å². The molecule has 134 valence electrons. The lowest BCUT2D eigenvalue weighted by atomic mass is 9.98. The van der Waals surface area contributed by atoms with Crippen LogP contribution in [0.25, 0.3) is 0 Å². The van der Waals surface area contributed by atoms with Gasteiger partial charge in [-0.2, -0.15) is 5.26 Å². The Bertz CT molecular complexity index is 656. The lowest BCUT2D eigenvalue weighted by Gasteiger charge is -2.30. The Morgan fingerprint density at radius 3 is 2.48 bits per heavy atom. The molecule has 1 atom stereocenters. The number of carbonyl (C=O) groups is 1. The van der Waals surface area contributed by atoms with Crippen molar-refractivity contribution in [3.8, 4) is 6.07 Å². The Kier molecular flexibility index (Phi) is 5.41. The van der Waals surface area contributed by atoms with Gasteiger partial charge >= 0.3 is 0 Å². The molecular weight excluding hydrogens is 312 g/mol. The molecule has 0 unspecified atom stereocenters. The quantitative estimate of drug-likeness (QED) is 0.627. The number of benzene rings is 1. The lowest BCUT2D eigenvalue weighted by Crippen LogP contribution is -3.28. The molecule has 0 aromatic heterocycles. The average molecular weight is 342 g/mol. The molecule has 1 aromatic rings. The number of hydrogen-bond donors (Lipinski definition) is 3. The second-order valence-corrected chi connectivity index (χ2v) is 7.92. The minimum Gasteiger partial charge on any atom is -0.333 e. The molecule has 1 saturated heterocycles. The predicted octanol–water partition coefficient (Wildman–Crippen LogP) is -0.913. The smallest absolute Gasteiger partial charge is 0.276 e. The first-order chi connectivity index (χ1) is 12.0. The van der Waals surface area contributed by atoms with Crippen molar-refractivity contribution in [1.29, 1.82) is 5.26 Å². The van der Waals surface area contributed by atoms with Gasteiger partial charge < -0.3 is 15.1 Å². The minimum absolute atomic E-state index is 0.0216. The van der Waals surface area contributed by atoms with Gasteiger partial charge in [0.25, 0.3) is 5.91 Å². The summed E-state index contributed by atoms with van der Waals surface area (Å²) in [6.07, 6.45) is 2.11. The predicted molar refractivity (Wildman–Crippen MR) is 96.0 cm³/mol. The summed E-state index contributed by atoms with van der Waals surface area (Å²) >= 11 is 0. The number of nitrogens with zero attached hydrogens (tertiary/aromatic N) is 1. The zero-order valence-corrected chi connectivity index (χ0v) is 15.4. The highest BCUT2D eigenvalue weighted by atomic mass is 16.2. The van der Waals surface area contributed by atoms with Crippen LogP contribution < -0.4 is 15.1 Å². The molecule has 0 bridgehead atoms. The normalized spacial score (nSPS) is 25.6. The molecule has 5 heteroatoms. The fourth-order valence-electron chi connectivity index (χ4n) is 3.83. The SMILES string of the molecule is Cc1ccccc1C[NH+]1CC[NH+](CC(=O)N[C@](C)(C#N)C2CC2)CC1. The average Bonchev–Trinajstić information content (AvgIpc) is 3.44. The molecule has 5 nitrogen and oxygen atoms in total. The number of nitriles is 1. The van der Waals surface area contributed by atoms with Gasteiger partial charge in [0.2, 0.25) is 0 Å². The number of piperazine rings is 1. The summed E-state index contributed by atoms with van der Waals surface area (Å²) in [6, 6.07) is 10.9. The minimum atomic E-state index is -0.672. The first-order valence-electron chi connectivity index (χ1n) is 9.44. The van der Waals surface area contributed by atoms with E-state index in [2.05, 4.69) is 42.6 Å². The van der Waals surface area contributed by atoms with E-state index in [0.717, 1.165) is 45.6 Å². The summed E-state index contributed by atoms with van der Waals surface area (Å²) in [5.74, 6) is 0.361. The van der Waals surface area contributed by atoms with Crippen LogP contribution in [-0.4, -0.2) is 44.2 Å². The number of carbonyl (C=O) groups excluding carboxylic acids is 1. The van der Waals surface area contributed by atoms with Crippen LogP contribution in [0.1, 0.15) is 30.9 Å². The summed E-state index contributed by atoms with van der Waals surface area (Å²) in [5.41, 5.74) is 2.11. The van der Waals surface area contributed by atoms with Crippen molar-refractivity contribution >= 4 is 5.91 Å². The standard InChI is InChI=1S/C20H28N4O/c1-16-5-3-4-6-17(16)13-23-9-11-24(12-10-23)14-19(25)22-20(2,15-21)18-7-8-18/h3-6,18H,7-14H2,1-2H3,(H,22,25)/p+2/t20-/m1/s1. The van der Waals surface area contributed by atoms with Gasteiger partial charge in [0.1, 0.15) is 38.3 Å². The molecule has 2 fully saturated rings. The van der Waals surface area contributed by atoms with E-state index in [1.54, 1.807) is 4.90 Å². The molecule has 2 aliphatic rings. The van der Waals surface area contributed by atoms with Crippen molar-refractivity contribution in [2.45, 2.75) is 38.8 Å². The largest absolute Gasteiger partial charge is 0.333 e. The number of amides is 1. The van der Waals surface area contributed by atoms with E-state index < -0.39 is 5.54 Å². The fourth-order valence-corrected chi connectivity index (χ4v) is 3.83. The van der Waals surface area contributed by atoms with E-state index >= 15 is 0 Å². The molecule has 3 rings (SSSR count). The maximum atomic E-state index is 12.3. The number of quaternary nitrogens is 2. The summed E-state index contributed by atoms with van der Waals surface area (Å²) in [4.78, 5) is 15.3. The Hall–Kier alpha value is -1.90. The molecule has 1 aromatic carbocycles. The van der Waals surface area contributed by atoms with Gasteiger partial charge in [-0.3, -0.25) is 4.79 Å². The van der Waals surface area contributed by atoms with Crippen molar-refractivity contribution in [3.63, 3.8) is 0 Å². The Balaban J connectivity index is 1.44. The van der Waals surface area contributed by atoms with Crippen LogP contribution in [0.5, 0.6) is 0 Å². The van der Waals surface area contributed by atoms with Crippen molar-refractivity contribution in [3.05, 3.63) is 35.4 Å². The van der Waals surface area contributed by atoms with Crippen LogP contribution in [-0.2, 0) is 11.3 Å². The van der Waals surface area contributed by atoms with Crippen LogP contribution in [0, 0.1) is 24.2 Å². The molecule has 1 amide bonds. The van der Waals surface area contributed by atoms with Crippen molar-refractivity contribution in [1.82, 2.24) is 5.32 Å². The first-order valence-corrected chi connectivity index (χ1v) is 9.44. The maximum Gasteiger partial charge on any atom is 0.276 e. The summed E-state index contributed by atoms with van der Waals surface area (Å²) < 4.78 is 0. The molecule has 0 radical (unpaired) electrons. The molecule has 1 aliphatic carbocycles. The molecule has 1 aliphatic heterocycles. The van der Waals surface area contributed by atoms with Crippen molar-refractivity contribution in [2.75, 3.05) is 32.7 Å². The van der Waals surface area contributed by atoms with Gasteiger partial charge in [-0.25, -0.2) is 0 Å². The van der Waals surface area contributed by atoms with Crippen molar-refractivity contribution in [2.24, 2.45) is 5.92 Å². The Morgan fingerprint density at radius 2 is 1.88 bits per heavy atom. The second kappa shape index (κ2) is 7.55. The molecular formula is C20H30N4O+2. The highest BCUT2D eigenvalue weighted by Crippen LogP contribution is 2.39. The van der Waals surface area contributed by atoms with Crippen LogP contribution >= 0.6 is 0 Å². The third kappa shape index (κ3) is 4.59. The third-order valence-electron chi connectivity index (χ3n) is 5.80. The van der Waals surface area contributed by atoms with E-state index in [0.29, 0.717) is 12.5 Å². The topological polar surface area (TPSA) is 61.8 Å². The summed E-state index contributed by atoms with van der Waals surface area (Å²) in [7, 11) is 0. The Morgan fingerprint density at radius 1 is 1.24 bits per heavy atom. The van der Waals surface area contributed by atoms with E-state index in [1.807, 2.05) is 6.92 Å².